The average molecular weight is 585 g/mol. The smallest absolute Gasteiger partial charge is 0.382 e. The molecule has 4 heterocycles. The standard InChI is InChI=1S/C24H22ClF5N8O2/c25-16-3-1-15(2-4-16)21-34-37(22(40)36(21)12-19(39)24(28,29)30)13-20-32-14-38(33-20)18-11-31-8-5-17(18)35-9-6-23(26,27)7-10-35/h1-5,8,11,14,19,39H,6-7,9-10,12-13H2. The van der Waals surface area contributed by atoms with E-state index in [1.807, 2.05) is 0 Å². The van der Waals surface area contributed by atoms with Crippen molar-refractivity contribution in [1.29, 1.82) is 0 Å². The number of aliphatic hydroxyl groups is 1. The Morgan fingerprint density at radius 3 is 2.42 bits per heavy atom. The minimum atomic E-state index is -4.95. The number of halogens is 6. The van der Waals surface area contributed by atoms with Crippen LogP contribution in [0.25, 0.3) is 17.1 Å². The van der Waals surface area contributed by atoms with Crippen LogP contribution in [0, 0.1) is 0 Å². The largest absolute Gasteiger partial charge is 0.416 e. The number of hydrogen-bond donors (Lipinski definition) is 1. The van der Waals surface area contributed by atoms with Crippen LogP contribution in [-0.4, -0.2) is 70.5 Å². The fourth-order valence-electron chi connectivity index (χ4n) is 4.31. The Balaban J connectivity index is 1.44. The monoisotopic (exact) mass is 584 g/mol. The molecule has 0 aliphatic carbocycles. The molecule has 1 N–H and O–H groups in total. The summed E-state index contributed by atoms with van der Waals surface area (Å²) in [6, 6.07) is 7.62. The van der Waals surface area contributed by atoms with Crippen molar-refractivity contribution in [3.63, 3.8) is 0 Å². The van der Waals surface area contributed by atoms with Crippen molar-refractivity contribution in [1.82, 2.24) is 34.1 Å². The summed E-state index contributed by atoms with van der Waals surface area (Å²) in [6.07, 6.45) is -3.95. The highest BCUT2D eigenvalue weighted by Gasteiger charge is 2.39. The summed E-state index contributed by atoms with van der Waals surface area (Å²) in [6.45, 7) is -1.10. The van der Waals surface area contributed by atoms with Gasteiger partial charge in [-0.2, -0.15) is 13.2 Å². The van der Waals surface area contributed by atoms with Crippen LogP contribution in [0.15, 0.2) is 53.8 Å². The number of aliphatic hydroxyl groups excluding tert-OH is 1. The molecular formula is C24H22ClF5N8O2. The van der Waals surface area contributed by atoms with E-state index in [0.717, 1.165) is 9.25 Å². The van der Waals surface area contributed by atoms with Gasteiger partial charge in [0.15, 0.2) is 17.8 Å². The predicted molar refractivity (Wildman–Crippen MR) is 134 cm³/mol. The van der Waals surface area contributed by atoms with Gasteiger partial charge in [-0.3, -0.25) is 9.55 Å². The number of alkyl halides is 5. The summed E-state index contributed by atoms with van der Waals surface area (Å²) in [7, 11) is 0. The van der Waals surface area contributed by atoms with Crippen molar-refractivity contribution in [3.8, 4) is 17.1 Å². The molecule has 212 valence electrons. The van der Waals surface area contributed by atoms with Gasteiger partial charge in [0, 0.05) is 42.7 Å². The summed E-state index contributed by atoms with van der Waals surface area (Å²) in [4.78, 5) is 23.2. The van der Waals surface area contributed by atoms with E-state index >= 15 is 0 Å². The van der Waals surface area contributed by atoms with Crippen LogP contribution >= 0.6 is 11.6 Å². The van der Waals surface area contributed by atoms with Gasteiger partial charge in [0.2, 0.25) is 0 Å². The second kappa shape index (κ2) is 10.6. The third-order valence-electron chi connectivity index (χ3n) is 6.45. The maximum atomic E-state index is 13.7. The second-order valence-corrected chi connectivity index (χ2v) is 9.69. The van der Waals surface area contributed by atoms with Crippen LogP contribution in [0.5, 0.6) is 0 Å². The van der Waals surface area contributed by atoms with Gasteiger partial charge in [-0.05, 0) is 30.3 Å². The molecule has 5 rings (SSSR count). The Bertz CT molecular complexity index is 1540. The lowest BCUT2D eigenvalue weighted by Crippen LogP contribution is -2.39. The number of aromatic nitrogens is 7. The molecule has 1 saturated heterocycles. The van der Waals surface area contributed by atoms with Crippen molar-refractivity contribution < 1.29 is 27.1 Å². The molecule has 4 aromatic rings. The second-order valence-electron chi connectivity index (χ2n) is 9.25. The zero-order chi connectivity index (χ0) is 28.7. The molecule has 0 radical (unpaired) electrons. The molecule has 1 aliphatic heterocycles. The molecule has 0 saturated carbocycles. The van der Waals surface area contributed by atoms with E-state index in [0.29, 0.717) is 22.0 Å². The lowest BCUT2D eigenvalue weighted by molar-refractivity contribution is -0.207. The zero-order valence-electron chi connectivity index (χ0n) is 20.6. The average Bonchev–Trinajstić information content (AvgIpc) is 3.49. The van der Waals surface area contributed by atoms with Crippen LogP contribution in [-0.2, 0) is 13.1 Å². The van der Waals surface area contributed by atoms with Gasteiger partial charge in [-0.25, -0.2) is 27.9 Å². The van der Waals surface area contributed by atoms with Crippen LogP contribution in [0.2, 0.25) is 5.02 Å². The van der Waals surface area contributed by atoms with Crippen molar-refractivity contribution in [3.05, 3.63) is 70.4 Å². The minimum Gasteiger partial charge on any atom is -0.382 e. The van der Waals surface area contributed by atoms with Crippen molar-refractivity contribution in [2.45, 2.75) is 44.1 Å². The first-order chi connectivity index (χ1) is 18.9. The number of hydrogen-bond acceptors (Lipinski definition) is 7. The molecule has 0 bridgehead atoms. The van der Waals surface area contributed by atoms with Crippen molar-refractivity contribution in [2.24, 2.45) is 0 Å². The fourth-order valence-corrected chi connectivity index (χ4v) is 4.44. The third kappa shape index (κ3) is 5.84. The van der Waals surface area contributed by atoms with E-state index in [1.54, 1.807) is 11.0 Å². The highest BCUT2D eigenvalue weighted by Crippen LogP contribution is 2.32. The Hall–Kier alpha value is -3.85. The maximum Gasteiger partial charge on any atom is 0.416 e. The van der Waals surface area contributed by atoms with Gasteiger partial charge >= 0.3 is 11.9 Å². The van der Waals surface area contributed by atoms with Crippen LogP contribution in [0.3, 0.4) is 0 Å². The topological polar surface area (TPSA) is 107 Å². The Morgan fingerprint density at radius 1 is 1.05 bits per heavy atom. The summed E-state index contributed by atoms with van der Waals surface area (Å²) < 4.78 is 69.6. The lowest BCUT2D eigenvalue weighted by atomic mass is 10.1. The predicted octanol–water partition coefficient (Wildman–Crippen LogP) is 3.55. The van der Waals surface area contributed by atoms with Crippen LogP contribution in [0.4, 0.5) is 27.6 Å². The summed E-state index contributed by atoms with van der Waals surface area (Å²) in [5.74, 6) is -2.73. The molecule has 40 heavy (non-hydrogen) atoms. The summed E-state index contributed by atoms with van der Waals surface area (Å²) >= 11 is 5.91. The molecule has 3 aromatic heterocycles. The Kier molecular flexibility index (Phi) is 7.35. The summed E-state index contributed by atoms with van der Waals surface area (Å²) in [5.41, 5.74) is 0.482. The normalized spacial score (nSPS) is 16.3. The SMILES string of the molecule is O=c1n(Cc2ncn(-c3cnccc3N3CCC(F)(F)CC3)n2)nc(-c2ccc(Cl)cc2)n1CC(O)C(F)(F)F. The van der Waals surface area contributed by atoms with E-state index in [9.17, 15) is 31.9 Å². The van der Waals surface area contributed by atoms with Gasteiger partial charge < -0.3 is 10.0 Å². The highest BCUT2D eigenvalue weighted by atomic mass is 35.5. The number of benzene rings is 1. The highest BCUT2D eigenvalue weighted by molar-refractivity contribution is 6.30. The third-order valence-corrected chi connectivity index (χ3v) is 6.70. The first kappa shape index (κ1) is 27.7. The minimum absolute atomic E-state index is 0.103. The molecule has 1 unspecified atom stereocenters. The molecule has 1 fully saturated rings. The maximum absolute atomic E-state index is 13.7. The molecule has 16 heteroatoms. The van der Waals surface area contributed by atoms with Crippen molar-refractivity contribution in [2.75, 3.05) is 18.0 Å². The summed E-state index contributed by atoms with van der Waals surface area (Å²) in [5, 5.41) is 18.6. The molecule has 1 aliphatic rings. The van der Waals surface area contributed by atoms with Crippen molar-refractivity contribution >= 4 is 17.3 Å². The van der Waals surface area contributed by atoms with E-state index in [1.165, 1.54) is 47.7 Å². The Morgan fingerprint density at radius 2 is 1.75 bits per heavy atom. The first-order valence-electron chi connectivity index (χ1n) is 12.1. The number of nitrogens with zero attached hydrogens (tertiary/aromatic N) is 8. The Labute approximate surface area is 228 Å². The van der Waals surface area contributed by atoms with Gasteiger partial charge in [0.1, 0.15) is 18.6 Å². The number of anilines is 1. The van der Waals surface area contributed by atoms with Crippen LogP contribution in [0.1, 0.15) is 18.7 Å². The van der Waals surface area contributed by atoms with Gasteiger partial charge in [0.25, 0.3) is 5.92 Å². The van der Waals surface area contributed by atoms with E-state index < -0.39 is 30.4 Å². The molecule has 10 nitrogen and oxygen atoms in total. The number of piperidine rings is 1. The van der Waals surface area contributed by atoms with E-state index in [4.69, 9.17) is 11.6 Å². The van der Waals surface area contributed by atoms with Gasteiger partial charge in [-0.15, -0.1) is 10.2 Å². The quantitative estimate of drug-likeness (QED) is 0.331. The zero-order valence-corrected chi connectivity index (χ0v) is 21.4. The number of rotatable bonds is 7. The first-order valence-corrected chi connectivity index (χ1v) is 12.5. The molecule has 0 amide bonds. The van der Waals surface area contributed by atoms with E-state index in [-0.39, 0.29) is 44.1 Å². The molecule has 1 atom stereocenters. The van der Waals surface area contributed by atoms with Crippen LogP contribution < -0.4 is 10.6 Å². The van der Waals surface area contributed by atoms with E-state index in [2.05, 4.69) is 20.2 Å². The lowest BCUT2D eigenvalue weighted by Gasteiger charge is -2.34. The number of pyridine rings is 1. The van der Waals surface area contributed by atoms with Gasteiger partial charge in [0.05, 0.1) is 18.4 Å². The molecule has 0 spiro atoms. The molecule has 1 aromatic carbocycles. The fraction of sp³-hybridized carbons (Fsp3) is 0.375. The van der Waals surface area contributed by atoms with Gasteiger partial charge in [-0.1, -0.05) is 11.6 Å². The molecular weight excluding hydrogens is 563 g/mol.